The lowest BCUT2D eigenvalue weighted by molar-refractivity contribution is -0.131. The molecule has 1 rings (SSSR count). The van der Waals surface area contributed by atoms with Gasteiger partial charge in [-0.25, -0.2) is 13.8 Å². The first-order chi connectivity index (χ1) is 6.60. The van der Waals surface area contributed by atoms with Crippen LogP contribution < -0.4 is 0 Å². The molecule has 0 bridgehead atoms. The van der Waals surface area contributed by atoms with Gasteiger partial charge in [-0.1, -0.05) is 13.8 Å². The molecule has 0 radical (unpaired) electrons. The van der Waals surface area contributed by atoms with Gasteiger partial charge in [-0.3, -0.25) is 4.79 Å². The lowest BCUT2D eigenvalue weighted by Crippen LogP contribution is -2.31. The van der Waals surface area contributed by atoms with Gasteiger partial charge >= 0.3 is 0 Å². The van der Waals surface area contributed by atoms with E-state index in [9.17, 15) is 13.6 Å². The summed E-state index contributed by atoms with van der Waals surface area (Å²) in [6.45, 7) is 3.83. The fraction of sp³-hybridized carbons (Fsp3) is 0.778. The maximum atomic E-state index is 12.2. The Morgan fingerprint density at radius 3 is 2.36 bits per heavy atom. The predicted octanol–water partition coefficient (Wildman–Crippen LogP) is 2.03. The summed E-state index contributed by atoms with van der Waals surface area (Å²) in [7, 11) is 0. The first-order valence-corrected chi connectivity index (χ1v) is 4.77. The summed E-state index contributed by atoms with van der Waals surface area (Å²) in [5, 5.41) is 4.87. The molecule has 1 heterocycles. The fourth-order valence-electron chi connectivity index (χ4n) is 1.51. The third-order valence-electron chi connectivity index (χ3n) is 2.36. The van der Waals surface area contributed by atoms with Gasteiger partial charge in [0.1, 0.15) is 5.71 Å². The quantitative estimate of drug-likeness (QED) is 0.689. The van der Waals surface area contributed by atoms with Crippen molar-refractivity contribution in [2.45, 2.75) is 45.6 Å². The molecule has 1 aliphatic heterocycles. The SMILES string of the molecule is CCC(CC)N1N=C(C(F)F)CC1=O. The van der Waals surface area contributed by atoms with Crippen molar-refractivity contribution in [3.8, 4) is 0 Å². The smallest absolute Gasteiger partial charge is 0.273 e. The van der Waals surface area contributed by atoms with Crippen LogP contribution in [0.1, 0.15) is 33.1 Å². The number of hydrazone groups is 1. The molecule has 0 saturated carbocycles. The normalized spacial score (nSPS) is 17.1. The van der Waals surface area contributed by atoms with E-state index in [0.717, 1.165) is 12.8 Å². The highest BCUT2D eigenvalue weighted by molar-refractivity contribution is 6.06. The monoisotopic (exact) mass is 204 g/mol. The van der Waals surface area contributed by atoms with E-state index in [-0.39, 0.29) is 24.1 Å². The summed E-state index contributed by atoms with van der Waals surface area (Å²) in [6.07, 6.45) is -1.36. The zero-order chi connectivity index (χ0) is 10.7. The summed E-state index contributed by atoms with van der Waals surface area (Å²) in [4.78, 5) is 11.3. The molecule has 0 aliphatic carbocycles. The molecule has 80 valence electrons. The number of carbonyl (C=O) groups is 1. The Kier molecular flexibility index (Phi) is 3.55. The van der Waals surface area contributed by atoms with Crippen LogP contribution in [0.25, 0.3) is 0 Å². The highest BCUT2D eigenvalue weighted by Gasteiger charge is 2.32. The molecule has 0 aromatic carbocycles. The Morgan fingerprint density at radius 1 is 1.43 bits per heavy atom. The Morgan fingerprint density at radius 2 is 2.00 bits per heavy atom. The van der Waals surface area contributed by atoms with Gasteiger partial charge in [-0.2, -0.15) is 5.10 Å². The Balaban J connectivity index is 2.74. The molecule has 1 aliphatic rings. The molecule has 1 amide bonds. The first-order valence-electron chi connectivity index (χ1n) is 4.77. The molecule has 14 heavy (non-hydrogen) atoms. The van der Waals surface area contributed by atoms with Crippen molar-refractivity contribution >= 4 is 11.6 Å². The number of hydrogen-bond acceptors (Lipinski definition) is 2. The van der Waals surface area contributed by atoms with Crippen LogP contribution in [0.4, 0.5) is 8.78 Å². The minimum absolute atomic E-state index is 0.0428. The van der Waals surface area contributed by atoms with Crippen molar-refractivity contribution in [2.75, 3.05) is 0 Å². The lowest BCUT2D eigenvalue weighted by Gasteiger charge is -2.21. The number of nitrogens with zero attached hydrogens (tertiary/aromatic N) is 2. The van der Waals surface area contributed by atoms with Gasteiger partial charge in [0.15, 0.2) is 0 Å². The van der Waals surface area contributed by atoms with E-state index < -0.39 is 6.43 Å². The van der Waals surface area contributed by atoms with Crippen molar-refractivity contribution in [3.05, 3.63) is 0 Å². The number of amides is 1. The number of alkyl halides is 2. The zero-order valence-corrected chi connectivity index (χ0v) is 8.33. The van der Waals surface area contributed by atoms with Crippen LogP contribution >= 0.6 is 0 Å². The van der Waals surface area contributed by atoms with Gasteiger partial charge in [0.05, 0.1) is 12.5 Å². The van der Waals surface area contributed by atoms with E-state index in [4.69, 9.17) is 0 Å². The molecule has 0 aromatic heterocycles. The van der Waals surface area contributed by atoms with Crippen LogP contribution in [-0.2, 0) is 4.79 Å². The van der Waals surface area contributed by atoms with Gasteiger partial charge in [-0.05, 0) is 12.8 Å². The molecule has 5 heteroatoms. The Bertz CT molecular complexity index is 249. The molecule has 0 atom stereocenters. The Hall–Kier alpha value is -1.00. The van der Waals surface area contributed by atoms with E-state index in [1.807, 2.05) is 13.8 Å². The summed E-state index contributed by atoms with van der Waals surface area (Å²) in [6, 6.07) is -0.0428. The van der Waals surface area contributed by atoms with E-state index in [1.54, 1.807) is 0 Å². The molecule has 0 aromatic rings. The highest BCUT2D eigenvalue weighted by Crippen LogP contribution is 2.19. The minimum atomic E-state index is -2.61. The molecule has 0 saturated heterocycles. The largest absolute Gasteiger partial charge is 0.278 e. The molecule has 0 fully saturated rings. The van der Waals surface area contributed by atoms with Gasteiger partial charge in [0, 0.05) is 0 Å². The number of carbonyl (C=O) groups excluding carboxylic acids is 1. The summed E-state index contributed by atoms with van der Waals surface area (Å²) in [5.74, 6) is -0.311. The van der Waals surface area contributed by atoms with Crippen LogP contribution in [0, 0.1) is 0 Å². The van der Waals surface area contributed by atoms with Crippen LogP contribution in [0.2, 0.25) is 0 Å². The average molecular weight is 204 g/mol. The topological polar surface area (TPSA) is 32.7 Å². The number of halogens is 2. The fourth-order valence-corrected chi connectivity index (χ4v) is 1.51. The van der Waals surface area contributed by atoms with Crippen LogP contribution in [0.3, 0.4) is 0 Å². The minimum Gasteiger partial charge on any atom is -0.273 e. The highest BCUT2D eigenvalue weighted by atomic mass is 19.3. The van der Waals surface area contributed by atoms with E-state index in [2.05, 4.69) is 5.10 Å². The van der Waals surface area contributed by atoms with E-state index >= 15 is 0 Å². The predicted molar refractivity (Wildman–Crippen MR) is 49.3 cm³/mol. The second kappa shape index (κ2) is 4.48. The molecule has 0 N–H and O–H groups in total. The van der Waals surface area contributed by atoms with Crippen molar-refractivity contribution < 1.29 is 13.6 Å². The van der Waals surface area contributed by atoms with Gasteiger partial charge < -0.3 is 0 Å². The second-order valence-electron chi connectivity index (χ2n) is 3.28. The van der Waals surface area contributed by atoms with Crippen LogP contribution in [0.5, 0.6) is 0 Å². The van der Waals surface area contributed by atoms with E-state index in [1.165, 1.54) is 5.01 Å². The first kappa shape index (κ1) is 11.1. The molecule has 0 unspecified atom stereocenters. The van der Waals surface area contributed by atoms with Crippen molar-refractivity contribution in [3.63, 3.8) is 0 Å². The molecular weight excluding hydrogens is 190 g/mol. The summed E-state index contributed by atoms with van der Waals surface area (Å²) >= 11 is 0. The van der Waals surface area contributed by atoms with Crippen molar-refractivity contribution in [1.82, 2.24) is 5.01 Å². The van der Waals surface area contributed by atoms with Crippen molar-refractivity contribution in [1.29, 1.82) is 0 Å². The average Bonchev–Trinajstić information content (AvgIpc) is 2.51. The third kappa shape index (κ3) is 2.08. The molecular formula is C9H14F2N2O. The summed E-state index contributed by atoms with van der Waals surface area (Å²) < 4.78 is 24.5. The van der Waals surface area contributed by atoms with Crippen molar-refractivity contribution in [2.24, 2.45) is 5.10 Å². The molecule has 0 spiro atoms. The van der Waals surface area contributed by atoms with Crippen LogP contribution in [-0.4, -0.2) is 29.1 Å². The van der Waals surface area contributed by atoms with E-state index in [0.29, 0.717) is 0 Å². The Labute approximate surface area is 81.8 Å². The second-order valence-corrected chi connectivity index (χ2v) is 3.28. The maximum Gasteiger partial charge on any atom is 0.278 e. The van der Waals surface area contributed by atoms with Gasteiger partial charge in [0.25, 0.3) is 6.43 Å². The molecule has 3 nitrogen and oxygen atoms in total. The zero-order valence-electron chi connectivity index (χ0n) is 8.33. The van der Waals surface area contributed by atoms with Crippen LogP contribution in [0.15, 0.2) is 5.10 Å². The maximum absolute atomic E-state index is 12.2. The summed E-state index contributed by atoms with van der Waals surface area (Å²) in [5.41, 5.74) is -0.304. The third-order valence-corrected chi connectivity index (χ3v) is 2.36. The van der Waals surface area contributed by atoms with Gasteiger partial charge in [-0.15, -0.1) is 0 Å². The lowest BCUT2D eigenvalue weighted by atomic mass is 10.1. The number of rotatable bonds is 4. The number of hydrogen-bond donors (Lipinski definition) is 0. The van der Waals surface area contributed by atoms with Gasteiger partial charge in [0.2, 0.25) is 5.91 Å². The standard InChI is InChI=1S/C9H14F2N2O/c1-3-6(4-2)13-8(14)5-7(12-13)9(10)11/h6,9H,3-5H2,1-2H3.